The molecule has 2 N–H and O–H groups in total. The van der Waals surface area contributed by atoms with E-state index in [2.05, 4.69) is 50.6 Å². The summed E-state index contributed by atoms with van der Waals surface area (Å²) in [6.07, 6.45) is 8.02. The molecule has 24 heavy (non-hydrogen) atoms. The van der Waals surface area contributed by atoms with Crippen LogP contribution in [0.4, 0.5) is 0 Å². The number of hydrogen-bond acceptors (Lipinski definition) is 2. The number of rotatable bonds is 4. The molecular formula is C18H26IN5. The van der Waals surface area contributed by atoms with E-state index in [0.717, 1.165) is 25.6 Å². The first-order chi connectivity index (χ1) is 11.2. The fourth-order valence-electron chi connectivity index (χ4n) is 2.93. The van der Waals surface area contributed by atoms with Gasteiger partial charge in [-0.15, -0.1) is 24.0 Å². The van der Waals surface area contributed by atoms with Crippen LogP contribution in [0.15, 0.2) is 48.0 Å². The molecule has 2 heterocycles. The Morgan fingerprint density at radius 2 is 2.04 bits per heavy atom. The molecule has 1 saturated heterocycles. The Kier molecular flexibility index (Phi) is 7.08. The van der Waals surface area contributed by atoms with Crippen molar-refractivity contribution in [1.82, 2.24) is 14.5 Å². The van der Waals surface area contributed by atoms with Crippen LogP contribution in [0.25, 0.3) is 0 Å². The van der Waals surface area contributed by atoms with E-state index in [1.165, 1.54) is 24.0 Å². The minimum Gasteiger partial charge on any atom is -0.370 e. The van der Waals surface area contributed by atoms with Crippen LogP contribution in [0, 0.1) is 5.92 Å². The summed E-state index contributed by atoms with van der Waals surface area (Å²) in [4.78, 5) is 10.9. The zero-order valence-electron chi connectivity index (χ0n) is 14.1. The number of halogens is 1. The number of nitrogens with zero attached hydrogens (tertiary/aromatic N) is 4. The van der Waals surface area contributed by atoms with Gasteiger partial charge < -0.3 is 15.2 Å². The third-order valence-corrected chi connectivity index (χ3v) is 4.45. The van der Waals surface area contributed by atoms with Crippen LogP contribution in [0.1, 0.15) is 30.9 Å². The summed E-state index contributed by atoms with van der Waals surface area (Å²) < 4.78 is 2.06. The number of guanidine groups is 1. The molecule has 0 unspecified atom stereocenters. The van der Waals surface area contributed by atoms with Crippen molar-refractivity contribution < 1.29 is 0 Å². The quantitative estimate of drug-likeness (QED) is 0.453. The van der Waals surface area contributed by atoms with Gasteiger partial charge in [0.25, 0.3) is 0 Å². The van der Waals surface area contributed by atoms with Crippen LogP contribution in [-0.4, -0.2) is 33.5 Å². The Balaban J connectivity index is 0.00000208. The minimum atomic E-state index is 0. The average Bonchev–Trinajstić information content (AvgIpc) is 3.07. The van der Waals surface area contributed by atoms with Gasteiger partial charge in [-0.2, -0.15) is 0 Å². The van der Waals surface area contributed by atoms with E-state index in [4.69, 9.17) is 5.73 Å². The Labute approximate surface area is 161 Å². The SMILES string of the molecule is CC1CCN(C(N)=NCc2cccc(Cn3ccnc3)c2)CC1.I. The van der Waals surface area contributed by atoms with Crippen molar-refractivity contribution in [3.63, 3.8) is 0 Å². The number of aliphatic imine (C=N–C) groups is 1. The largest absolute Gasteiger partial charge is 0.370 e. The van der Waals surface area contributed by atoms with Gasteiger partial charge in [0.15, 0.2) is 5.96 Å². The maximum atomic E-state index is 6.15. The first-order valence-electron chi connectivity index (χ1n) is 8.29. The number of piperidine rings is 1. The van der Waals surface area contributed by atoms with E-state index in [1.807, 2.05) is 12.5 Å². The van der Waals surface area contributed by atoms with Crippen molar-refractivity contribution in [3.05, 3.63) is 54.1 Å². The standard InChI is InChI=1S/C18H25N5.HI/c1-15-5-8-23(9-6-15)18(19)21-12-16-3-2-4-17(11-16)13-22-10-7-20-14-22;/h2-4,7,10-11,14-15H,5-6,8-9,12-13H2,1H3,(H2,19,21);1H. The summed E-state index contributed by atoms with van der Waals surface area (Å²) in [6.45, 7) is 5.82. The predicted octanol–water partition coefficient (Wildman–Crippen LogP) is 3.10. The molecule has 1 fully saturated rings. The van der Waals surface area contributed by atoms with Crippen LogP contribution in [0.5, 0.6) is 0 Å². The van der Waals surface area contributed by atoms with E-state index >= 15 is 0 Å². The molecule has 3 rings (SSSR count). The minimum absolute atomic E-state index is 0. The van der Waals surface area contributed by atoms with Crippen LogP contribution in [-0.2, 0) is 13.1 Å². The third-order valence-electron chi connectivity index (χ3n) is 4.45. The molecule has 0 radical (unpaired) electrons. The summed E-state index contributed by atoms with van der Waals surface area (Å²) in [6, 6.07) is 8.50. The lowest BCUT2D eigenvalue weighted by molar-refractivity contribution is 0.277. The van der Waals surface area contributed by atoms with Crippen LogP contribution in [0.2, 0.25) is 0 Å². The average molecular weight is 439 g/mol. The Hall–Kier alpha value is -1.57. The van der Waals surface area contributed by atoms with Gasteiger partial charge in [-0.1, -0.05) is 31.2 Å². The molecule has 1 aromatic carbocycles. The predicted molar refractivity (Wildman–Crippen MR) is 108 cm³/mol. The van der Waals surface area contributed by atoms with Gasteiger partial charge in [0, 0.05) is 32.0 Å². The first kappa shape index (κ1) is 18.8. The van der Waals surface area contributed by atoms with Gasteiger partial charge >= 0.3 is 0 Å². The van der Waals surface area contributed by atoms with Crippen LogP contribution in [0.3, 0.4) is 0 Å². The van der Waals surface area contributed by atoms with Crippen LogP contribution < -0.4 is 5.73 Å². The lowest BCUT2D eigenvalue weighted by Gasteiger charge is -2.31. The second-order valence-electron chi connectivity index (χ2n) is 6.40. The van der Waals surface area contributed by atoms with E-state index < -0.39 is 0 Å². The van der Waals surface area contributed by atoms with Crippen molar-refractivity contribution >= 4 is 29.9 Å². The van der Waals surface area contributed by atoms with Gasteiger partial charge in [0.2, 0.25) is 0 Å². The molecular weight excluding hydrogens is 413 g/mol. The smallest absolute Gasteiger partial charge is 0.191 e. The fourth-order valence-corrected chi connectivity index (χ4v) is 2.93. The molecule has 1 aliphatic rings. The maximum Gasteiger partial charge on any atom is 0.191 e. The van der Waals surface area contributed by atoms with Crippen molar-refractivity contribution in [2.24, 2.45) is 16.6 Å². The highest BCUT2D eigenvalue weighted by atomic mass is 127. The third kappa shape index (κ3) is 5.22. The number of imidazole rings is 1. The lowest BCUT2D eigenvalue weighted by Crippen LogP contribution is -2.42. The fraction of sp³-hybridized carbons (Fsp3) is 0.444. The number of nitrogens with two attached hydrogens (primary N) is 1. The monoisotopic (exact) mass is 439 g/mol. The molecule has 0 aliphatic carbocycles. The van der Waals surface area contributed by atoms with Crippen molar-refractivity contribution in [2.75, 3.05) is 13.1 Å². The Morgan fingerprint density at radius 3 is 2.75 bits per heavy atom. The highest BCUT2D eigenvalue weighted by molar-refractivity contribution is 14.0. The molecule has 0 bridgehead atoms. The maximum absolute atomic E-state index is 6.15. The number of benzene rings is 1. The van der Waals surface area contributed by atoms with E-state index in [1.54, 1.807) is 6.20 Å². The first-order valence-corrected chi connectivity index (χ1v) is 8.29. The van der Waals surface area contributed by atoms with Crippen molar-refractivity contribution in [1.29, 1.82) is 0 Å². The topological polar surface area (TPSA) is 59.4 Å². The molecule has 0 saturated carbocycles. The van der Waals surface area contributed by atoms with Gasteiger partial charge in [-0.05, 0) is 29.9 Å². The van der Waals surface area contributed by atoms with Crippen LogP contribution >= 0.6 is 24.0 Å². The second kappa shape index (κ2) is 9.05. The summed E-state index contributed by atoms with van der Waals surface area (Å²) in [7, 11) is 0. The molecule has 5 nitrogen and oxygen atoms in total. The Bertz CT molecular complexity index is 645. The summed E-state index contributed by atoms with van der Waals surface area (Å²) >= 11 is 0. The van der Waals surface area contributed by atoms with Crippen molar-refractivity contribution in [3.8, 4) is 0 Å². The summed E-state index contributed by atoms with van der Waals surface area (Å²) in [5.41, 5.74) is 8.59. The van der Waals surface area contributed by atoms with Gasteiger partial charge in [0.1, 0.15) is 0 Å². The highest BCUT2D eigenvalue weighted by Gasteiger charge is 2.16. The molecule has 0 spiro atoms. The number of aromatic nitrogens is 2. The normalized spacial score (nSPS) is 16.0. The molecule has 0 amide bonds. The van der Waals surface area contributed by atoms with E-state index in [-0.39, 0.29) is 24.0 Å². The molecule has 1 aliphatic heterocycles. The van der Waals surface area contributed by atoms with Crippen molar-refractivity contribution in [2.45, 2.75) is 32.9 Å². The van der Waals surface area contributed by atoms with E-state index in [9.17, 15) is 0 Å². The molecule has 130 valence electrons. The molecule has 6 heteroatoms. The Morgan fingerprint density at radius 1 is 1.29 bits per heavy atom. The zero-order valence-corrected chi connectivity index (χ0v) is 16.5. The zero-order chi connectivity index (χ0) is 16.1. The number of hydrogen-bond donors (Lipinski definition) is 1. The highest BCUT2D eigenvalue weighted by Crippen LogP contribution is 2.16. The summed E-state index contributed by atoms with van der Waals surface area (Å²) in [5.74, 6) is 1.48. The molecule has 1 aromatic heterocycles. The number of likely N-dealkylation sites (tertiary alicyclic amines) is 1. The van der Waals surface area contributed by atoms with Gasteiger partial charge in [-0.3, -0.25) is 0 Å². The molecule has 2 aromatic rings. The van der Waals surface area contributed by atoms with E-state index in [0.29, 0.717) is 12.5 Å². The summed E-state index contributed by atoms with van der Waals surface area (Å²) in [5, 5.41) is 0. The second-order valence-corrected chi connectivity index (χ2v) is 6.40. The molecule has 0 atom stereocenters. The lowest BCUT2D eigenvalue weighted by atomic mass is 10.00. The van der Waals surface area contributed by atoms with Gasteiger partial charge in [-0.25, -0.2) is 9.98 Å². The van der Waals surface area contributed by atoms with Gasteiger partial charge in [0.05, 0.1) is 12.9 Å².